The van der Waals surface area contributed by atoms with E-state index in [-0.39, 0.29) is 30.8 Å². The van der Waals surface area contributed by atoms with Crippen molar-refractivity contribution in [1.82, 2.24) is 20.0 Å². The highest BCUT2D eigenvalue weighted by molar-refractivity contribution is 6.04. The number of nitrogens with one attached hydrogen (secondary N) is 1. The van der Waals surface area contributed by atoms with Gasteiger partial charge >= 0.3 is 6.03 Å². The predicted octanol–water partition coefficient (Wildman–Crippen LogP) is -1.38. The number of imide groups is 1. The van der Waals surface area contributed by atoms with Crippen LogP contribution in [0.25, 0.3) is 0 Å². The summed E-state index contributed by atoms with van der Waals surface area (Å²) in [7, 11) is 1.51. The first-order valence-electron chi connectivity index (χ1n) is 6.58. The van der Waals surface area contributed by atoms with E-state index in [1.807, 2.05) is 6.92 Å². The lowest BCUT2D eigenvalue weighted by Crippen LogP contribution is -2.58. The van der Waals surface area contributed by atoms with Gasteiger partial charge in [-0.25, -0.2) is 4.79 Å². The van der Waals surface area contributed by atoms with Crippen LogP contribution >= 0.6 is 0 Å². The summed E-state index contributed by atoms with van der Waals surface area (Å²) >= 11 is 0. The quantitative estimate of drug-likeness (QED) is 0.646. The van der Waals surface area contributed by atoms with Crippen LogP contribution in [0.5, 0.6) is 0 Å². The molecular weight excluding hydrogens is 264 g/mol. The third-order valence-corrected chi connectivity index (χ3v) is 3.56. The molecule has 0 aromatic rings. The predicted molar refractivity (Wildman–Crippen MR) is 68.5 cm³/mol. The van der Waals surface area contributed by atoms with Crippen LogP contribution in [-0.4, -0.2) is 77.7 Å². The Kier molecular flexibility index (Phi) is 3.91. The minimum absolute atomic E-state index is 0.0101. The number of hydrogen-bond donors (Lipinski definition) is 1. The summed E-state index contributed by atoms with van der Waals surface area (Å²) in [6, 6.07) is -1.00. The van der Waals surface area contributed by atoms with E-state index in [4.69, 9.17) is 0 Å². The van der Waals surface area contributed by atoms with Crippen LogP contribution in [0.3, 0.4) is 0 Å². The molecule has 1 atom stereocenters. The molecule has 1 N–H and O–H groups in total. The Morgan fingerprint density at radius 3 is 2.60 bits per heavy atom. The number of hydrogen-bond acceptors (Lipinski definition) is 4. The molecule has 2 rings (SSSR count). The number of carbonyl (C=O) groups is 4. The third-order valence-electron chi connectivity index (χ3n) is 3.56. The molecule has 0 radical (unpaired) electrons. The monoisotopic (exact) mass is 282 g/mol. The minimum Gasteiger partial charge on any atom is -0.353 e. The molecule has 20 heavy (non-hydrogen) atoms. The first-order chi connectivity index (χ1) is 9.45. The average molecular weight is 282 g/mol. The molecule has 2 aliphatic heterocycles. The summed E-state index contributed by atoms with van der Waals surface area (Å²) in [6.45, 7) is 2.30. The fourth-order valence-electron chi connectivity index (χ4n) is 2.47. The van der Waals surface area contributed by atoms with Crippen molar-refractivity contribution in [3.05, 3.63) is 0 Å². The smallest absolute Gasteiger partial charge is 0.327 e. The van der Waals surface area contributed by atoms with Crippen molar-refractivity contribution in [2.75, 3.05) is 33.2 Å². The molecule has 2 aliphatic rings. The highest BCUT2D eigenvalue weighted by Gasteiger charge is 2.38. The van der Waals surface area contributed by atoms with Gasteiger partial charge in [0, 0.05) is 20.1 Å². The molecule has 1 unspecified atom stereocenters. The van der Waals surface area contributed by atoms with E-state index in [0.29, 0.717) is 19.5 Å². The Morgan fingerprint density at radius 1 is 1.35 bits per heavy atom. The second kappa shape index (κ2) is 5.48. The first-order valence-corrected chi connectivity index (χ1v) is 6.58. The molecule has 5 amide bonds. The summed E-state index contributed by atoms with van der Waals surface area (Å²) in [5.74, 6) is -0.952. The standard InChI is InChI=1S/C12H18N4O4/c1-3-8-11(19)13-4-5-15(8)10(18)7-16-9(17)6-14(2)12(16)20/h8H,3-7H2,1-2H3,(H,13,19). The van der Waals surface area contributed by atoms with E-state index in [1.54, 1.807) is 0 Å². The largest absolute Gasteiger partial charge is 0.353 e. The van der Waals surface area contributed by atoms with Crippen LogP contribution in [0.4, 0.5) is 4.79 Å². The molecular formula is C12H18N4O4. The van der Waals surface area contributed by atoms with Gasteiger partial charge < -0.3 is 15.1 Å². The van der Waals surface area contributed by atoms with Crippen molar-refractivity contribution < 1.29 is 19.2 Å². The summed E-state index contributed by atoms with van der Waals surface area (Å²) in [5, 5.41) is 2.70. The van der Waals surface area contributed by atoms with Crippen molar-refractivity contribution in [3.63, 3.8) is 0 Å². The summed E-state index contributed by atoms with van der Waals surface area (Å²) in [6.07, 6.45) is 0.499. The number of piperazine rings is 1. The Morgan fingerprint density at radius 2 is 2.05 bits per heavy atom. The van der Waals surface area contributed by atoms with Crippen molar-refractivity contribution in [2.45, 2.75) is 19.4 Å². The molecule has 0 bridgehead atoms. The Hall–Kier alpha value is -2.12. The fourth-order valence-corrected chi connectivity index (χ4v) is 2.47. The zero-order valence-electron chi connectivity index (χ0n) is 11.6. The van der Waals surface area contributed by atoms with Gasteiger partial charge in [0.1, 0.15) is 19.1 Å². The van der Waals surface area contributed by atoms with E-state index >= 15 is 0 Å². The van der Waals surface area contributed by atoms with Crippen molar-refractivity contribution >= 4 is 23.8 Å². The third kappa shape index (κ3) is 2.45. The molecule has 2 saturated heterocycles. The summed E-state index contributed by atoms with van der Waals surface area (Å²) < 4.78 is 0. The molecule has 2 fully saturated rings. The van der Waals surface area contributed by atoms with Gasteiger partial charge in [0.05, 0.1) is 0 Å². The van der Waals surface area contributed by atoms with E-state index in [0.717, 1.165) is 4.90 Å². The van der Waals surface area contributed by atoms with Crippen molar-refractivity contribution in [2.24, 2.45) is 0 Å². The van der Waals surface area contributed by atoms with Gasteiger partial charge in [-0.15, -0.1) is 0 Å². The number of likely N-dealkylation sites (N-methyl/N-ethyl adjacent to an activating group) is 1. The first kappa shape index (κ1) is 14.3. The summed E-state index contributed by atoms with van der Waals surface area (Å²) in [4.78, 5) is 51.0. The molecule has 0 saturated carbocycles. The lowest BCUT2D eigenvalue weighted by Gasteiger charge is -2.35. The average Bonchev–Trinajstić information content (AvgIpc) is 2.65. The van der Waals surface area contributed by atoms with E-state index in [1.165, 1.54) is 16.8 Å². The lowest BCUT2D eigenvalue weighted by molar-refractivity contribution is -0.145. The minimum atomic E-state index is -0.526. The number of amides is 5. The van der Waals surface area contributed by atoms with Crippen LogP contribution in [0.2, 0.25) is 0 Å². The second-order valence-corrected chi connectivity index (χ2v) is 4.92. The highest BCUT2D eigenvalue weighted by Crippen LogP contribution is 2.12. The molecule has 0 spiro atoms. The van der Waals surface area contributed by atoms with Gasteiger partial charge in [-0.3, -0.25) is 19.3 Å². The van der Waals surface area contributed by atoms with E-state index < -0.39 is 12.1 Å². The Bertz CT molecular complexity index is 464. The topological polar surface area (TPSA) is 90.0 Å². The molecule has 0 aliphatic carbocycles. The van der Waals surface area contributed by atoms with E-state index in [2.05, 4.69) is 5.32 Å². The van der Waals surface area contributed by atoms with Gasteiger partial charge in [-0.1, -0.05) is 6.92 Å². The van der Waals surface area contributed by atoms with Gasteiger partial charge in [0.2, 0.25) is 11.8 Å². The molecule has 8 nitrogen and oxygen atoms in total. The van der Waals surface area contributed by atoms with Crippen LogP contribution in [0.1, 0.15) is 13.3 Å². The van der Waals surface area contributed by atoms with Gasteiger partial charge in [-0.2, -0.15) is 0 Å². The molecule has 0 aromatic carbocycles. The van der Waals surface area contributed by atoms with Crippen LogP contribution < -0.4 is 5.32 Å². The van der Waals surface area contributed by atoms with Crippen LogP contribution in [-0.2, 0) is 14.4 Å². The van der Waals surface area contributed by atoms with Gasteiger partial charge in [0.25, 0.3) is 5.91 Å². The van der Waals surface area contributed by atoms with E-state index in [9.17, 15) is 19.2 Å². The molecule has 2 heterocycles. The zero-order chi connectivity index (χ0) is 14.9. The number of urea groups is 1. The maximum absolute atomic E-state index is 12.2. The second-order valence-electron chi connectivity index (χ2n) is 4.92. The van der Waals surface area contributed by atoms with Gasteiger partial charge in [-0.05, 0) is 6.42 Å². The summed E-state index contributed by atoms with van der Waals surface area (Å²) in [5.41, 5.74) is 0. The maximum atomic E-state index is 12.2. The Balaban J connectivity index is 2.06. The lowest BCUT2D eigenvalue weighted by atomic mass is 10.1. The molecule has 110 valence electrons. The highest BCUT2D eigenvalue weighted by atomic mass is 16.2. The number of rotatable bonds is 3. The van der Waals surface area contributed by atoms with Gasteiger partial charge in [0.15, 0.2) is 0 Å². The molecule has 8 heteroatoms. The van der Waals surface area contributed by atoms with Crippen LogP contribution in [0.15, 0.2) is 0 Å². The number of nitrogens with zero attached hydrogens (tertiary/aromatic N) is 3. The van der Waals surface area contributed by atoms with Crippen molar-refractivity contribution in [1.29, 1.82) is 0 Å². The molecule has 0 aromatic heterocycles. The zero-order valence-corrected chi connectivity index (χ0v) is 11.6. The van der Waals surface area contributed by atoms with Crippen molar-refractivity contribution in [3.8, 4) is 0 Å². The maximum Gasteiger partial charge on any atom is 0.327 e. The number of carbonyl (C=O) groups excluding carboxylic acids is 4. The SMILES string of the molecule is CCC1C(=O)NCCN1C(=O)CN1C(=O)CN(C)C1=O. The fraction of sp³-hybridized carbons (Fsp3) is 0.667. The Labute approximate surface area is 116 Å². The normalized spacial score (nSPS) is 23.4. The van der Waals surface area contributed by atoms with Crippen LogP contribution in [0, 0.1) is 0 Å².